The minimum Gasteiger partial charge on any atom is -0.369 e. The summed E-state index contributed by atoms with van der Waals surface area (Å²) in [4.78, 5) is 21.8. The van der Waals surface area contributed by atoms with Gasteiger partial charge in [0.2, 0.25) is 5.91 Å². The van der Waals surface area contributed by atoms with Crippen molar-refractivity contribution in [3.8, 4) is 10.6 Å². The molecular weight excluding hydrogens is 487 g/mol. The van der Waals surface area contributed by atoms with Crippen LogP contribution in [-0.4, -0.2) is 48.5 Å². The first-order valence-electron chi connectivity index (χ1n) is 11.1. The molecular formula is C26H24Cl2N4OS. The lowest BCUT2D eigenvalue weighted by atomic mass is 10.2. The summed E-state index contributed by atoms with van der Waals surface area (Å²) < 4.78 is 1.19. The third-order valence-corrected chi connectivity index (χ3v) is 7.77. The van der Waals surface area contributed by atoms with Crippen LogP contribution in [0.5, 0.6) is 0 Å². The number of benzene rings is 3. The molecule has 34 heavy (non-hydrogen) atoms. The van der Waals surface area contributed by atoms with Crippen molar-refractivity contribution in [2.24, 2.45) is 0 Å². The highest BCUT2D eigenvalue weighted by Crippen LogP contribution is 2.31. The first kappa shape index (κ1) is 23.1. The Balaban J connectivity index is 1.14. The molecule has 0 aliphatic carbocycles. The molecule has 0 saturated carbocycles. The van der Waals surface area contributed by atoms with Crippen molar-refractivity contribution in [1.82, 2.24) is 9.88 Å². The third kappa shape index (κ3) is 5.20. The number of carbonyl (C=O) groups is 1. The lowest BCUT2D eigenvalue weighted by molar-refractivity contribution is -0.117. The number of aryl methyl sites for hydroxylation is 1. The summed E-state index contributed by atoms with van der Waals surface area (Å²) in [7, 11) is 0. The topological polar surface area (TPSA) is 48.5 Å². The smallest absolute Gasteiger partial charge is 0.238 e. The molecule has 1 aliphatic heterocycles. The molecule has 0 spiro atoms. The average Bonchev–Trinajstić information content (AvgIpc) is 3.25. The van der Waals surface area contributed by atoms with Crippen molar-refractivity contribution in [2.45, 2.75) is 6.92 Å². The normalized spacial score (nSPS) is 14.5. The highest BCUT2D eigenvalue weighted by Gasteiger charge is 2.20. The SMILES string of the molecule is Cc1ccc2nc(-c3ccc(NC(=O)CN4CCN(c5ccc(Cl)c(Cl)c5)CC4)cc3)sc2c1. The molecule has 1 aliphatic rings. The van der Waals surface area contributed by atoms with E-state index >= 15 is 0 Å². The number of hydrogen-bond donors (Lipinski definition) is 1. The monoisotopic (exact) mass is 510 g/mol. The Hall–Kier alpha value is -2.64. The molecule has 3 aromatic carbocycles. The van der Waals surface area contributed by atoms with Crippen molar-refractivity contribution in [2.75, 3.05) is 42.9 Å². The van der Waals surface area contributed by atoms with Crippen LogP contribution in [-0.2, 0) is 4.79 Å². The second-order valence-corrected chi connectivity index (χ2v) is 10.3. The maximum absolute atomic E-state index is 12.6. The lowest BCUT2D eigenvalue weighted by Gasteiger charge is -2.35. The average molecular weight is 511 g/mol. The molecule has 1 amide bonds. The first-order valence-corrected chi connectivity index (χ1v) is 12.7. The van der Waals surface area contributed by atoms with Gasteiger partial charge in [0.15, 0.2) is 0 Å². The van der Waals surface area contributed by atoms with Crippen LogP contribution in [0.25, 0.3) is 20.8 Å². The van der Waals surface area contributed by atoms with Gasteiger partial charge in [-0.1, -0.05) is 29.3 Å². The Kier molecular flexibility index (Phi) is 6.75. The van der Waals surface area contributed by atoms with E-state index in [2.05, 4.69) is 40.2 Å². The van der Waals surface area contributed by atoms with Crippen LogP contribution in [0.4, 0.5) is 11.4 Å². The lowest BCUT2D eigenvalue weighted by Crippen LogP contribution is -2.48. The second-order valence-electron chi connectivity index (χ2n) is 8.48. The highest BCUT2D eigenvalue weighted by atomic mass is 35.5. The molecule has 1 fully saturated rings. The van der Waals surface area contributed by atoms with E-state index in [9.17, 15) is 4.79 Å². The first-order chi connectivity index (χ1) is 16.4. The van der Waals surface area contributed by atoms with E-state index in [1.165, 1.54) is 10.3 Å². The number of nitrogens with one attached hydrogen (secondary N) is 1. The fraction of sp³-hybridized carbons (Fsp3) is 0.231. The van der Waals surface area contributed by atoms with Crippen LogP contribution in [0.2, 0.25) is 10.0 Å². The van der Waals surface area contributed by atoms with Crippen LogP contribution < -0.4 is 10.2 Å². The van der Waals surface area contributed by atoms with Gasteiger partial charge < -0.3 is 10.2 Å². The third-order valence-electron chi connectivity index (χ3n) is 5.97. The van der Waals surface area contributed by atoms with Crippen molar-refractivity contribution in [3.63, 3.8) is 0 Å². The Morgan fingerprint density at radius 1 is 0.971 bits per heavy atom. The zero-order chi connectivity index (χ0) is 23.7. The molecule has 174 valence electrons. The van der Waals surface area contributed by atoms with Gasteiger partial charge in [-0.15, -0.1) is 11.3 Å². The van der Waals surface area contributed by atoms with Gasteiger partial charge in [0.05, 0.1) is 26.8 Å². The summed E-state index contributed by atoms with van der Waals surface area (Å²) in [5, 5.41) is 5.12. The molecule has 0 atom stereocenters. The zero-order valence-corrected chi connectivity index (χ0v) is 21.1. The molecule has 0 bridgehead atoms. The molecule has 4 aromatic rings. The number of anilines is 2. The highest BCUT2D eigenvalue weighted by molar-refractivity contribution is 7.21. The fourth-order valence-electron chi connectivity index (χ4n) is 4.10. The van der Waals surface area contributed by atoms with Crippen LogP contribution >= 0.6 is 34.5 Å². The number of piperazine rings is 1. The van der Waals surface area contributed by atoms with Gasteiger partial charge in [-0.05, 0) is 67.1 Å². The Labute approximate surface area is 212 Å². The molecule has 1 saturated heterocycles. The summed E-state index contributed by atoms with van der Waals surface area (Å²) in [6.07, 6.45) is 0. The zero-order valence-electron chi connectivity index (χ0n) is 18.7. The fourth-order valence-corrected chi connectivity index (χ4v) is 5.46. The van der Waals surface area contributed by atoms with Crippen molar-refractivity contribution < 1.29 is 4.79 Å². The largest absolute Gasteiger partial charge is 0.369 e. The number of thiazole rings is 1. The van der Waals surface area contributed by atoms with Gasteiger partial charge in [-0.3, -0.25) is 9.69 Å². The van der Waals surface area contributed by atoms with Crippen LogP contribution in [0, 0.1) is 6.92 Å². The van der Waals surface area contributed by atoms with E-state index in [-0.39, 0.29) is 5.91 Å². The number of halogens is 2. The number of carbonyl (C=O) groups excluding carboxylic acids is 1. The number of aromatic nitrogens is 1. The van der Waals surface area contributed by atoms with Gasteiger partial charge >= 0.3 is 0 Å². The van der Waals surface area contributed by atoms with Gasteiger partial charge in [-0.2, -0.15) is 0 Å². The van der Waals surface area contributed by atoms with Crippen LogP contribution in [0.1, 0.15) is 5.56 Å². The van der Waals surface area contributed by atoms with E-state index < -0.39 is 0 Å². The molecule has 0 unspecified atom stereocenters. The van der Waals surface area contributed by atoms with Crippen LogP contribution in [0.15, 0.2) is 60.7 Å². The molecule has 2 heterocycles. The Morgan fingerprint density at radius 2 is 1.74 bits per heavy atom. The number of rotatable bonds is 5. The molecule has 1 aromatic heterocycles. The summed E-state index contributed by atoms with van der Waals surface area (Å²) >= 11 is 13.9. The molecule has 1 N–H and O–H groups in total. The van der Waals surface area contributed by atoms with Crippen molar-refractivity contribution in [3.05, 3.63) is 76.3 Å². The van der Waals surface area contributed by atoms with Gasteiger partial charge in [0.25, 0.3) is 0 Å². The van der Waals surface area contributed by atoms with E-state index in [1.54, 1.807) is 11.3 Å². The maximum Gasteiger partial charge on any atom is 0.238 e. The van der Waals surface area contributed by atoms with E-state index in [0.29, 0.717) is 16.6 Å². The van der Waals surface area contributed by atoms with Gasteiger partial charge in [0.1, 0.15) is 5.01 Å². The molecule has 8 heteroatoms. The van der Waals surface area contributed by atoms with Gasteiger partial charge in [0, 0.05) is 43.1 Å². The van der Waals surface area contributed by atoms with Crippen LogP contribution in [0.3, 0.4) is 0 Å². The predicted molar refractivity (Wildman–Crippen MR) is 144 cm³/mol. The molecule has 5 rings (SSSR count). The number of amides is 1. The molecule has 5 nitrogen and oxygen atoms in total. The summed E-state index contributed by atoms with van der Waals surface area (Å²) in [6.45, 7) is 5.75. The van der Waals surface area contributed by atoms with E-state index in [0.717, 1.165) is 53.6 Å². The van der Waals surface area contributed by atoms with Crippen molar-refractivity contribution in [1.29, 1.82) is 0 Å². The summed E-state index contributed by atoms with van der Waals surface area (Å²) in [6, 6.07) is 19.9. The second kappa shape index (κ2) is 9.92. The van der Waals surface area contributed by atoms with Gasteiger partial charge in [-0.25, -0.2) is 4.98 Å². The summed E-state index contributed by atoms with van der Waals surface area (Å²) in [5.74, 6) is -0.00815. The number of fused-ring (bicyclic) bond motifs is 1. The van der Waals surface area contributed by atoms with E-state index in [1.807, 2.05) is 42.5 Å². The quantitative estimate of drug-likeness (QED) is 0.340. The minimum atomic E-state index is -0.00815. The number of hydrogen-bond acceptors (Lipinski definition) is 5. The summed E-state index contributed by atoms with van der Waals surface area (Å²) in [5.41, 5.74) is 5.15. The minimum absolute atomic E-state index is 0.00815. The van der Waals surface area contributed by atoms with E-state index in [4.69, 9.17) is 28.2 Å². The van der Waals surface area contributed by atoms with Crippen molar-refractivity contribution >= 4 is 62.0 Å². The molecule has 0 radical (unpaired) electrons. The Bertz CT molecular complexity index is 1330. The number of nitrogens with zero attached hydrogens (tertiary/aromatic N) is 3. The standard InChI is InChI=1S/C26H24Cl2N4OS/c1-17-2-9-23-24(14-17)34-26(30-23)18-3-5-19(6-4-18)29-25(33)16-31-10-12-32(13-11-31)20-7-8-21(27)22(28)15-20/h2-9,14-15H,10-13,16H2,1H3,(H,29,33). The predicted octanol–water partition coefficient (Wildman–Crippen LogP) is 6.34. The maximum atomic E-state index is 12.6. The Morgan fingerprint density at radius 3 is 2.47 bits per heavy atom.